The first-order valence-corrected chi connectivity index (χ1v) is 16.6. The molecule has 0 N–H and O–H groups in total. The van der Waals surface area contributed by atoms with Gasteiger partial charge in [0.25, 0.3) is 5.56 Å². The van der Waals surface area contributed by atoms with Crippen molar-refractivity contribution in [3.05, 3.63) is 117 Å². The first kappa shape index (κ1) is 32.6. The maximum Gasteiger partial charge on any atom is 0.344 e. The SMILES string of the molecule is CCOC(=O)COc1c(I)cc(Br)cc1/C=c1\sc2n(c1=O)[C@H](c1ccc(OC)cc1)C(C(=O)OCC)=C(c1ccccc1)N=2. The van der Waals surface area contributed by atoms with Gasteiger partial charge in [0.05, 0.1) is 45.7 Å². The monoisotopic (exact) mass is 802 g/mol. The van der Waals surface area contributed by atoms with Gasteiger partial charge in [-0.25, -0.2) is 14.6 Å². The minimum atomic E-state index is -0.828. The number of esters is 2. The zero-order valence-electron chi connectivity index (χ0n) is 24.5. The van der Waals surface area contributed by atoms with Gasteiger partial charge in [-0.15, -0.1) is 0 Å². The molecule has 4 aromatic rings. The van der Waals surface area contributed by atoms with Gasteiger partial charge in [-0.05, 0) is 72.3 Å². The molecule has 2 heterocycles. The van der Waals surface area contributed by atoms with Crippen molar-refractivity contribution in [2.24, 2.45) is 4.99 Å². The fourth-order valence-electron chi connectivity index (χ4n) is 4.86. The molecule has 0 saturated carbocycles. The lowest BCUT2D eigenvalue weighted by Crippen LogP contribution is -2.40. The lowest BCUT2D eigenvalue weighted by atomic mass is 9.93. The van der Waals surface area contributed by atoms with Crippen molar-refractivity contribution in [3.8, 4) is 11.5 Å². The molecule has 1 aliphatic rings. The van der Waals surface area contributed by atoms with E-state index in [0.717, 1.165) is 8.04 Å². The third-order valence-corrected chi connectivity index (χ3v) is 9.01. The zero-order chi connectivity index (χ0) is 32.1. The number of rotatable bonds is 10. The Kier molecular flexibility index (Phi) is 10.6. The number of carbonyl (C=O) groups is 2. The molecule has 0 fully saturated rings. The highest BCUT2D eigenvalue weighted by atomic mass is 127. The lowest BCUT2D eigenvalue weighted by molar-refractivity contribution is -0.145. The largest absolute Gasteiger partial charge is 0.497 e. The number of aromatic nitrogens is 1. The number of hydrogen-bond acceptors (Lipinski definition) is 9. The average Bonchev–Trinajstić information content (AvgIpc) is 3.34. The molecule has 0 amide bonds. The fourth-order valence-corrected chi connectivity index (χ4v) is 7.55. The van der Waals surface area contributed by atoms with Gasteiger partial charge in [-0.1, -0.05) is 69.7 Å². The lowest BCUT2D eigenvalue weighted by Gasteiger charge is -2.26. The van der Waals surface area contributed by atoms with Crippen LogP contribution in [0.5, 0.6) is 11.5 Å². The molecule has 5 rings (SSSR count). The molecule has 0 unspecified atom stereocenters. The molecule has 1 aliphatic heterocycles. The smallest absolute Gasteiger partial charge is 0.344 e. The van der Waals surface area contributed by atoms with E-state index in [9.17, 15) is 14.4 Å². The van der Waals surface area contributed by atoms with Gasteiger partial charge >= 0.3 is 11.9 Å². The number of hydrogen-bond donors (Lipinski definition) is 0. The molecule has 9 nitrogen and oxygen atoms in total. The fraction of sp³-hybridized carbons (Fsp3) is 0.212. The minimum Gasteiger partial charge on any atom is -0.497 e. The first-order valence-electron chi connectivity index (χ1n) is 14.0. The van der Waals surface area contributed by atoms with Crippen LogP contribution in [0.15, 0.2) is 86.6 Å². The van der Waals surface area contributed by atoms with E-state index in [1.165, 1.54) is 15.9 Å². The maximum absolute atomic E-state index is 14.3. The number of carbonyl (C=O) groups excluding carboxylic acids is 2. The summed E-state index contributed by atoms with van der Waals surface area (Å²) in [5, 5.41) is 0. The van der Waals surface area contributed by atoms with E-state index in [4.69, 9.17) is 23.9 Å². The van der Waals surface area contributed by atoms with Crippen LogP contribution >= 0.6 is 49.9 Å². The van der Waals surface area contributed by atoms with E-state index in [-0.39, 0.29) is 31.0 Å². The van der Waals surface area contributed by atoms with E-state index in [2.05, 4.69) is 38.5 Å². The van der Waals surface area contributed by atoms with E-state index < -0.39 is 18.0 Å². The number of thiazole rings is 1. The van der Waals surface area contributed by atoms with Crippen LogP contribution in [-0.4, -0.2) is 43.4 Å². The number of fused-ring (bicyclic) bond motifs is 1. The highest BCUT2D eigenvalue weighted by Gasteiger charge is 2.35. The van der Waals surface area contributed by atoms with Crippen LogP contribution in [-0.2, 0) is 19.1 Å². The Bertz CT molecular complexity index is 1950. The van der Waals surface area contributed by atoms with E-state index >= 15 is 0 Å². The van der Waals surface area contributed by atoms with Crippen molar-refractivity contribution < 1.29 is 28.5 Å². The van der Waals surface area contributed by atoms with Crippen LogP contribution in [0.3, 0.4) is 0 Å². The van der Waals surface area contributed by atoms with Crippen molar-refractivity contribution in [1.29, 1.82) is 0 Å². The second-order valence-corrected chi connectivity index (χ2v) is 12.7. The highest BCUT2D eigenvalue weighted by molar-refractivity contribution is 14.1. The molecule has 0 spiro atoms. The van der Waals surface area contributed by atoms with Crippen molar-refractivity contribution >= 4 is 73.6 Å². The Hall–Kier alpha value is -3.75. The molecule has 45 heavy (non-hydrogen) atoms. The van der Waals surface area contributed by atoms with E-state index in [1.54, 1.807) is 45.2 Å². The predicted octanol–water partition coefficient (Wildman–Crippen LogP) is 5.25. The summed E-state index contributed by atoms with van der Waals surface area (Å²) in [6, 6.07) is 19.4. The second-order valence-electron chi connectivity index (χ2n) is 9.60. The van der Waals surface area contributed by atoms with Crippen LogP contribution in [0.25, 0.3) is 11.8 Å². The molecular formula is C33H28BrIN2O7S. The van der Waals surface area contributed by atoms with Gasteiger partial charge in [0.15, 0.2) is 11.4 Å². The van der Waals surface area contributed by atoms with E-state index in [0.29, 0.717) is 43.2 Å². The molecule has 1 atom stereocenters. The molecular weight excluding hydrogens is 775 g/mol. The highest BCUT2D eigenvalue weighted by Crippen LogP contribution is 2.36. The van der Waals surface area contributed by atoms with Gasteiger partial charge in [-0.2, -0.15) is 0 Å². The van der Waals surface area contributed by atoms with Crippen LogP contribution in [0.2, 0.25) is 0 Å². The van der Waals surface area contributed by atoms with Crippen LogP contribution in [0.1, 0.15) is 36.6 Å². The number of nitrogens with zero attached hydrogens (tertiary/aromatic N) is 2. The summed E-state index contributed by atoms with van der Waals surface area (Å²) in [6.45, 7) is 3.57. The summed E-state index contributed by atoms with van der Waals surface area (Å²) in [5.74, 6) is 0.00431. The summed E-state index contributed by atoms with van der Waals surface area (Å²) in [6.07, 6.45) is 1.71. The summed E-state index contributed by atoms with van der Waals surface area (Å²) >= 11 is 6.84. The van der Waals surface area contributed by atoms with Gasteiger partial charge in [0.2, 0.25) is 0 Å². The van der Waals surface area contributed by atoms with Crippen LogP contribution in [0.4, 0.5) is 0 Å². The maximum atomic E-state index is 14.3. The third-order valence-electron chi connectivity index (χ3n) is 6.77. The standard InChI is InChI=1S/C33H28BrIN2O7S/c1-4-42-26(38)18-44-30-21(15-22(34)17-24(30)35)16-25-31(39)37-29(20-11-13-23(41-3)14-12-20)27(32(40)43-5-2)28(36-33(37)45-25)19-9-7-6-8-10-19/h6-17,29H,4-5,18H2,1-3H3/b25-16-/t29-/m1/s1. The Morgan fingerprint density at radius 3 is 2.42 bits per heavy atom. The number of benzene rings is 3. The summed E-state index contributed by atoms with van der Waals surface area (Å²) in [4.78, 5) is 45.3. The van der Waals surface area contributed by atoms with Crippen LogP contribution in [0, 0.1) is 3.57 Å². The topological polar surface area (TPSA) is 105 Å². The minimum absolute atomic E-state index is 0.153. The van der Waals surface area contributed by atoms with E-state index in [1.807, 2.05) is 48.5 Å². The van der Waals surface area contributed by atoms with Gasteiger partial charge in [0, 0.05) is 15.6 Å². The van der Waals surface area contributed by atoms with Crippen LogP contribution < -0.4 is 24.4 Å². The zero-order valence-corrected chi connectivity index (χ0v) is 29.1. The Labute approximate surface area is 285 Å². The normalized spacial score (nSPS) is 14.4. The predicted molar refractivity (Wildman–Crippen MR) is 183 cm³/mol. The number of ether oxygens (including phenoxy) is 4. The summed E-state index contributed by atoms with van der Waals surface area (Å²) in [5.41, 5.74) is 2.32. The van der Waals surface area contributed by atoms with Gasteiger partial charge in [0.1, 0.15) is 11.5 Å². The van der Waals surface area contributed by atoms with Gasteiger partial charge in [-0.3, -0.25) is 9.36 Å². The Balaban J connectivity index is 1.76. The number of halogens is 2. The first-order chi connectivity index (χ1) is 21.7. The van der Waals surface area contributed by atoms with Crippen molar-refractivity contribution in [2.75, 3.05) is 26.9 Å². The molecule has 0 radical (unpaired) electrons. The van der Waals surface area contributed by atoms with Crippen molar-refractivity contribution in [3.63, 3.8) is 0 Å². The molecule has 232 valence electrons. The molecule has 0 saturated heterocycles. The molecule has 0 bridgehead atoms. The molecule has 1 aromatic heterocycles. The Morgan fingerprint density at radius 2 is 1.76 bits per heavy atom. The Morgan fingerprint density at radius 1 is 1.04 bits per heavy atom. The quantitative estimate of drug-likeness (QED) is 0.159. The molecule has 0 aliphatic carbocycles. The number of methoxy groups -OCH3 is 1. The second kappa shape index (κ2) is 14.6. The van der Waals surface area contributed by atoms with Crippen molar-refractivity contribution in [1.82, 2.24) is 4.57 Å². The summed E-state index contributed by atoms with van der Waals surface area (Å²) in [7, 11) is 1.57. The van der Waals surface area contributed by atoms with Gasteiger partial charge < -0.3 is 18.9 Å². The molecule has 12 heteroatoms. The third kappa shape index (κ3) is 7.07. The van der Waals surface area contributed by atoms with Crippen molar-refractivity contribution in [2.45, 2.75) is 19.9 Å². The summed E-state index contributed by atoms with van der Waals surface area (Å²) < 4.78 is 25.2. The molecule has 3 aromatic carbocycles. The average molecular weight is 803 g/mol.